The largest absolute Gasteiger partial charge is 0.451 e. The van der Waals surface area contributed by atoms with Gasteiger partial charge in [0, 0.05) is 42.8 Å². The third kappa shape index (κ3) is 2.54. The maximum absolute atomic E-state index is 12.8. The molecule has 1 aromatic heterocycles. The number of piperazine rings is 1. The molecule has 1 saturated heterocycles. The number of hydrogen-bond donors (Lipinski definition) is 0. The highest BCUT2D eigenvalue weighted by atomic mass is 16.3. The molecule has 4 nitrogen and oxygen atoms in total. The van der Waals surface area contributed by atoms with E-state index in [0.717, 1.165) is 29.6 Å². The van der Waals surface area contributed by atoms with Crippen LogP contribution in [0, 0.1) is 6.92 Å². The van der Waals surface area contributed by atoms with Gasteiger partial charge in [-0.3, -0.25) is 4.79 Å². The van der Waals surface area contributed by atoms with Crippen LogP contribution in [-0.2, 0) is 0 Å². The molecule has 0 radical (unpaired) electrons. The second kappa shape index (κ2) is 6.04. The molecule has 0 saturated carbocycles. The minimum atomic E-state index is -0.00332. The molecule has 0 bridgehead atoms. The van der Waals surface area contributed by atoms with Crippen molar-refractivity contribution in [3.05, 3.63) is 65.9 Å². The van der Waals surface area contributed by atoms with E-state index < -0.39 is 0 Å². The lowest BCUT2D eigenvalue weighted by Gasteiger charge is -2.35. The molecule has 2 aromatic carbocycles. The Morgan fingerprint density at radius 2 is 1.58 bits per heavy atom. The Kier molecular flexibility index (Phi) is 3.73. The Bertz CT molecular complexity index is 862. The quantitative estimate of drug-likeness (QED) is 0.722. The second-order valence-electron chi connectivity index (χ2n) is 6.17. The number of aryl methyl sites for hydroxylation is 1. The zero-order chi connectivity index (χ0) is 16.5. The SMILES string of the molecule is Cc1c(C(=O)N2CCN(c3ccccc3)CC2)oc2ccccc12. The topological polar surface area (TPSA) is 36.7 Å². The first-order valence-corrected chi connectivity index (χ1v) is 8.31. The van der Waals surface area contributed by atoms with Gasteiger partial charge in [-0.2, -0.15) is 0 Å². The molecule has 0 aliphatic carbocycles. The molecule has 1 aliphatic heterocycles. The molecule has 122 valence electrons. The van der Waals surface area contributed by atoms with Crippen LogP contribution in [0.2, 0.25) is 0 Å². The highest BCUT2D eigenvalue weighted by Crippen LogP contribution is 2.26. The molecule has 4 heteroatoms. The van der Waals surface area contributed by atoms with Crippen molar-refractivity contribution < 1.29 is 9.21 Å². The van der Waals surface area contributed by atoms with Gasteiger partial charge in [-0.25, -0.2) is 0 Å². The first kappa shape index (κ1) is 14.8. The van der Waals surface area contributed by atoms with Crippen LogP contribution in [-0.4, -0.2) is 37.0 Å². The van der Waals surface area contributed by atoms with E-state index in [9.17, 15) is 4.79 Å². The third-order valence-electron chi connectivity index (χ3n) is 4.73. The number of rotatable bonds is 2. The second-order valence-corrected chi connectivity index (χ2v) is 6.17. The number of nitrogens with zero attached hydrogens (tertiary/aromatic N) is 2. The Labute approximate surface area is 141 Å². The number of carbonyl (C=O) groups excluding carboxylic acids is 1. The minimum absolute atomic E-state index is 0.00332. The summed E-state index contributed by atoms with van der Waals surface area (Å²) in [5, 5.41) is 1.02. The highest BCUT2D eigenvalue weighted by Gasteiger charge is 2.26. The fraction of sp³-hybridized carbons (Fsp3) is 0.250. The summed E-state index contributed by atoms with van der Waals surface area (Å²) in [5.41, 5.74) is 2.92. The fourth-order valence-electron chi connectivity index (χ4n) is 3.33. The van der Waals surface area contributed by atoms with Gasteiger partial charge in [0.25, 0.3) is 5.91 Å². The number of para-hydroxylation sites is 2. The smallest absolute Gasteiger partial charge is 0.290 e. The minimum Gasteiger partial charge on any atom is -0.451 e. The van der Waals surface area contributed by atoms with Gasteiger partial charge in [-0.1, -0.05) is 36.4 Å². The Morgan fingerprint density at radius 3 is 2.29 bits per heavy atom. The fourth-order valence-corrected chi connectivity index (χ4v) is 3.33. The van der Waals surface area contributed by atoms with E-state index in [4.69, 9.17) is 4.42 Å². The van der Waals surface area contributed by atoms with Crippen molar-refractivity contribution in [3.63, 3.8) is 0 Å². The van der Waals surface area contributed by atoms with Crippen molar-refractivity contribution in [1.82, 2.24) is 4.90 Å². The summed E-state index contributed by atoms with van der Waals surface area (Å²) in [4.78, 5) is 17.1. The highest BCUT2D eigenvalue weighted by molar-refractivity contribution is 5.99. The molecule has 0 spiro atoms. The predicted octanol–water partition coefficient (Wildman–Crippen LogP) is 3.70. The maximum atomic E-state index is 12.8. The summed E-state index contributed by atoms with van der Waals surface area (Å²) in [6.45, 7) is 5.07. The van der Waals surface area contributed by atoms with E-state index in [-0.39, 0.29) is 5.91 Å². The van der Waals surface area contributed by atoms with Crippen LogP contribution in [0.1, 0.15) is 16.1 Å². The average Bonchev–Trinajstić information content (AvgIpc) is 2.99. The summed E-state index contributed by atoms with van der Waals surface area (Å²) < 4.78 is 5.82. The maximum Gasteiger partial charge on any atom is 0.290 e. The van der Waals surface area contributed by atoms with Crippen LogP contribution >= 0.6 is 0 Å². The normalized spacial score (nSPS) is 15.0. The van der Waals surface area contributed by atoms with E-state index in [1.807, 2.05) is 54.3 Å². The Balaban J connectivity index is 1.51. The molecule has 2 heterocycles. The molecule has 1 aliphatic rings. The number of carbonyl (C=O) groups is 1. The molecule has 0 N–H and O–H groups in total. The van der Waals surface area contributed by atoms with Crippen molar-refractivity contribution >= 4 is 22.6 Å². The van der Waals surface area contributed by atoms with Gasteiger partial charge in [0.1, 0.15) is 5.58 Å². The standard InChI is InChI=1S/C20H20N2O2/c1-15-17-9-5-6-10-18(17)24-19(15)20(23)22-13-11-21(12-14-22)16-7-3-2-4-8-16/h2-10H,11-14H2,1H3. The molecule has 0 atom stereocenters. The van der Waals surface area contributed by atoms with Crippen molar-refractivity contribution in [2.75, 3.05) is 31.1 Å². The first-order chi connectivity index (χ1) is 11.7. The molecule has 3 aromatic rings. The number of furan rings is 1. The molecular weight excluding hydrogens is 300 g/mol. The van der Waals surface area contributed by atoms with Crippen LogP contribution in [0.5, 0.6) is 0 Å². The van der Waals surface area contributed by atoms with Gasteiger partial charge in [0.2, 0.25) is 0 Å². The number of fused-ring (bicyclic) bond motifs is 1. The lowest BCUT2D eigenvalue weighted by Crippen LogP contribution is -2.48. The summed E-state index contributed by atoms with van der Waals surface area (Å²) >= 11 is 0. The van der Waals surface area contributed by atoms with Crippen LogP contribution < -0.4 is 4.90 Å². The van der Waals surface area contributed by atoms with Crippen LogP contribution in [0.4, 0.5) is 5.69 Å². The molecule has 1 fully saturated rings. The molecule has 1 amide bonds. The van der Waals surface area contributed by atoms with E-state index in [1.165, 1.54) is 5.69 Å². The third-order valence-corrected chi connectivity index (χ3v) is 4.73. The van der Waals surface area contributed by atoms with E-state index in [0.29, 0.717) is 18.8 Å². The zero-order valence-electron chi connectivity index (χ0n) is 13.7. The number of anilines is 1. The monoisotopic (exact) mass is 320 g/mol. The van der Waals surface area contributed by atoms with Gasteiger partial charge in [-0.15, -0.1) is 0 Å². The van der Waals surface area contributed by atoms with Gasteiger partial charge in [0.05, 0.1) is 0 Å². The summed E-state index contributed by atoms with van der Waals surface area (Å²) in [5.74, 6) is 0.473. The van der Waals surface area contributed by atoms with Gasteiger partial charge in [-0.05, 0) is 25.1 Å². The van der Waals surface area contributed by atoms with Crippen LogP contribution in [0.25, 0.3) is 11.0 Å². The predicted molar refractivity (Wildman–Crippen MR) is 95.5 cm³/mol. The lowest BCUT2D eigenvalue weighted by molar-refractivity contribution is 0.0716. The van der Waals surface area contributed by atoms with Gasteiger partial charge >= 0.3 is 0 Å². The van der Waals surface area contributed by atoms with Crippen molar-refractivity contribution in [2.45, 2.75) is 6.92 Å². The molecule has 0 unspecified atom stereocenters. The number of benzene rings is 2. The molecule has 4 rings (SSSR count). The number of amides is 1. The molecular formula is C20H20N2O2. The Morgan fingerprint density at radius 1 is 0.917 bits per heavy atom. The summed E-state index contributed by atoms with van der Waals surface area (Å²) in [6.07, 6.45) is 0. The van der Waals surface area contributed by atoms with Crippen molar-refractivity contribution in [1.29, 1.82) is 0 Å². The Hall–Kier alpha value is -2.75. The zero-order valence-corrected chi connectivity index (χ0v) is 13.7. The van der Waals surface area contributed by atoms with Crippen molar-refractivity contribution in [3.8, 4) is 0 Å². The van der Waals surface area contributed by atoms with E-state index >= 15 is 0 Å². The van der Waals surface area contributed by atoms with Crippen LogP contribution in [0.15, 0.2) is 59.0 Å². The van der Waals surface area contributed by atoms with E-state index in [1.54, 1.807) is 0 Å². The van der Waals surface area contributed by atoms with Crippen LogP contribution in [0.3, 0.4) is 0 Å². The molecule has 24 heavy (non-hydrogen) atoms. The summed E-state index contributed by atoms with van der Waals surface area (Å²) in [6, 6.07) is 18.1. The lowest BCUT2D eigenvalue weighted by atomic mass is 10.1. The number of hydrogen-bond acceptors (Lipinski definition) is 3. The van der Waals surface area contributed by atoms with Gasteiger partial charge < -0.3 is 14.2 Å². The average molecular weight is 320 g/mol. The summed E-state index contributed by atoms with van der Waals surface area (Å²) in [7, 11) is 0. The van der Waals surface area contributed by atoms with E-state index in [2.05, 4.69) is 17.0 Å². The van der Waals surface area contributed by atoms with Crippen molar-refractivity contribution in [2.24, 2.45) is 0 Å². The first-order valence-electron chi connectivity index (χ1n) is 8.31. The van der Waals surface area contributed by atoms with Gasteiger partial charge in [0.15, 0.2) is 5.76 Å².